The molecule has 1 aliphatic heterocycles. The van der Waals surface area contributed by atoms with Gasteiger partial charge in [-0.05, 0) is 74.1 Å². The summed E-state index contributed by atoms with van der Waals surface area (Å²) in [6.45, 7) is 2.24. The van der Waals surface area contributed by atoms with Crippen LogP contribution >= 0.6 is 0 Å². The first-order valence-corrected chi connectivity index (χ1v) is 11.6. The van der Waals surface area contributed by atoms with Crippen molar-refractivity contribution in [2.45, 2.75) is 18.8 Å². The van der Waals surface area contributed by atoms with Crippen molar-refractivity contribution in [3.63, 3.8) is 0 Å². The van der Waals surface area contributed by atoms with Crippen LogP contribution in [0.4, 0.5) is 11.5 Å². The van der Waals surface area contributed by atoms with Gasteiger partial charge in [-0.15, -0.1) is 0 Å². The second-order valence-corrected chi connectivity index (χ2v) is 8.73. The molecular weight excluding hydrogens is 444 g/mol. The first-order chi connectivity index (χ1) is 17.1. The SMILES string of the molecule is COc1ncc(-c2cc3cc[nH]c(=O)c3c(Nc3ccc(C4CCN(C)CC4)cc3)n2)c(OC)n1. The molecule has 0 spiro atoms. The molecule has 0 unspecified atom stereocenters. The summed E-state index contributed by atoms with van der Waals surface area (Å²) in [5.74, 6) is 1.36. The molecule has 0 radical (unpaired) electrons. The molecule has 4 aromatic rings. The van der Waals surface area contributed by atoms with Crippen LogP contribution in [0.5, 0.6) is 11.9 Å². The Hall–Kier alpha value is -3.98. The van der Waals surface area contributed by atoms with E-state index in [-0.39, 0.29) is 11.6 Å². The number of methoxy groups -OCH3 is 2. The molecule has 0 saturated carbocycles. The number of hydrogen-bond acceptors (Lipinski definition) is 8. The molecular formula is C26H28N6O3. The molecule has 5 rings (SSSR count). The van der Waals surface area contributed by atoms with Crippen LogP contribution in [0, 0.1) is 0 Å². The number of ether oxygens (including phenoxy) is 2. The van der Waals surface area contributed by atoms with E-state index in [0.29, 0.717) is 34.3 Å². The summed E-state index contributed by atoms with van der Waals surface area (Å²) in [4.78, 5) is 31.1. The van der Waals surface area contributed by atoms with Crippen molar-refractivity contribution in [3.05, 3.63) is 64.7 Å². The summed E-state index contributed by atoms with van der Waals surface area (Å²) in [5, 5.41) is 4.56. The molecule has 180 valence electrons. The van der Waals surface area contributed by atoms with E-state index in [1.54, 1.807) is 12.4 Å². The number of nitrogens with zero attached hydrogens (tertiary/aromatic N) is 4. The lowest BCUT2D eigenvalue weighted by Gasteiger charge is -2.29. The van der Waals surface area contributed by atoms with E-state index in [1.165, 1.54) is 32.6 Å². The van der Waals surface area contributed by atoms with Crippen molar-refractivity contribution in [1.82, 2.24) is 24.8 Å². The first-order valence-electron chi connectivity index (χ1n) is 11.6. The van der Waals surface area contributed by atoms with Gasteiger partial charge in [0.1, 0.15) is 5.82 Å². The van der Waals surface area contributed by atoms with Crippen LogP contribution in [0.15, 0.2) is 53.6 Å². The number of H-pyrrole nitrogens is 1. The molecule has 9 nitrogen and oxygen atoms in total. The smallest absolute Gasteiger partial charge is 0.319 e. The fourth-order valence-corrected chi connectivity index (χ4v) is 4.54. The first kappa shape index (κ1) is 22.8. The van der Waals surface area contributed by atoms with Crippen molar-refractivity contribution < 1.29 is 9.47 Å². The van der Waals surface area contributed by atoms with Gasteiger partial charge in [0.2, 0.25) is 5.88 Å². The van der Waals surface area contributed by atoms with Crippen LogP contribution in [0.3, 0.4) is 0 Å². The highest BCUT2D eigenvalue weighted by atomic mass is 16.5. The van der Waals surface area contributed by atoms with Crippen molar-refractivity contribution >= 4 is 22.3 Å². The monoisotopic (exact) mass is 472 g/mol. The van der Waals surface area contributed by atoms with Gasteiger partial charge in [0.05, 0.1) is 30.9 Å². The molecule has 1 aliphatic rings. The van der Waals surface area contributed by atoms with Gasteiger partial charge >= 0.3 is 6.01 Å². The Labute approximate surface area is 203 Å². The van der Waals surface area contributed by atoms with Gasteiger partial charge in [-0.3, -0.25) is 4.79 Å². The fourth-order valence-electron chi connectivity index (χ4n) is 4.54. The maximum absolute atomic E-state index is 12.7. The number of fused-ring (bicyclic) bond motifs is 1. The zero-order chi connectivity index (χ0) is 24.4. The normalized spacial score (nSPS) is 14.7. The number of anilines is 2. The topological polar surface area (TPSA) is 105 Å². The van der Waals surface area contributed by atoms with Gasteiger partial charge in [-0.2, -0.15) is 4.98 Å². The Balaban J connectivity index is 1.52. The Morgan fingerprint density at radius 2 is 1.83 bits per heavy atom. The Morgan fingerprint density at radius 3 is 2.54 bits per heavy atom. The number of rotatable bonds is 6. The van der Waals surface area contributed by atoms with Crippen molar-refractivity contribution in [2.24, 2.45) is 0 Å². The van der Waals surface area contributed by atoms with E-state index in [2.05, 4.69) is 44.3 Å². The third-order valence-electron chi connectivity index (χ3n) is 6.50. The lowest BCUT2D eigenvalue weighted by molar-refractivity contribution is 0.255. The maximum atomic E-state index is 12.7. The summed E-state index contributed by atoms with van der Waals surface area (Å²) in [6, 6.07) is 12.3. The molecule has 35 heavy (non-hydrogen) atoms. The number of aromatic nitrogens is 4. The molecule has 1 aromatic carbocycles. The van der Waals surface area contributed by atoms with E-state index >= 15 is 0 Å². The molecule has 4 heterocycles. The van der Waals surface area contributed by atoms with Gasteiger partial charge in [0.25, 0.3) is 5.56 Å². The number of pyridine rings is 2. The van der Waals surface area contributed by atoms with E-state index in [4.69, 9.17) is 14.5 Å². The molecule has 0 amide bonds. The van der Waals surface area contributed by atoms with Gasteiger partial charge < -0.3 is 24.7 Å². The lowest BCUT2D eigenvalue weighted by atomic mass is 9.89. The largest absolute Gasteiger partial charge is 0.480 e. The number of likely N-dealkylation sites (tertiary alicyclic amines) is 1. The lowest BCUT2D eigenvalue weighted by Crippen LogP contribution is -2.29. The highest BCUT2D eigenvalue weighted by Crippen LogP contribution is 2.33. The zero-order valence-corrected chi connectivity index (χ0v) is 20.0. The fraction of sp³-hybridized carbons (Fsp3) is 0.308. The average molecular weight is 473 g/mol. The van der Waals surface area contributed by atoms with Crippen molar-refractivity contribution in [1.29, 1.82) is 0 Å². The molecule has 9 heteroatoms. The van der Waals surface area contributed by atoms with E-state index < -0.39 is 0 Å². The van der Waals surface area contributed by atoms with Gasteiger partial charge in [-0.1, -0.05) is 12.1 Å². The van der Waals surface area contributed by atoms with Crippen molar-refractivity contribution in [2.75, 3.05) is 39.7 Å². The quantitative estimate of drug-likeness (QED) is 0.435. The average Bonchev–Trinajstić information content (AvgIpc) is 2.89. The van der Waals surface area contributed by atoms with E-state index in [9.17, 15) is 4.79 Å². The number of benzene rings is 1. The Kier molecular flexibility index (Phi) is 6.33. The summed E-state index contributed by atoms with van der Waals surface area (Å²) in [6.07, 6.45) is 5.56. The third kappa shape index (κ3) is 4.67. The van der Waals surface area contributed by atoms with Gasteiger partial charge in [-0.25, -0.2) is 9.97 Å². The van der Waals surface area contributed by atoms with Crippen LogP contribution in [-0.4, -0.2) is 59.2 Å². The highest BCUT2D eigenvalue weighted by Gasteiger charge is 2.19. The van der Waals surface area contributed by atoms with Gasteiger partial charge in [0, 0.05) is 18.1 Å². The third-order valence-corrected chi connectivity index (χ3v) is 6.50. The Morgan fingerprint density at radius 1 is 1.06 bits per heavy atom. The summed E-state index contributed by atoms with van der Waals surface area (Å²) >= 11 is 0. The maximum Gasteiger partial charge on any atom is 0.319 e. The summed E-state index contributed by atoms with van der Waals surface area (Å²) in [5.41, 5.74) is 3.15. The summed E-state index contributed by atoms with van der Waals surface area (Å²) in [7, 11) is 5.20. The predicted octanol–water partition coefficient (Wildman–Crippen LogP) is 3.95. The summed E-state index contributed by atoms with van der Waals surface area (Å²) < 4.78 is 10.6. The minimum absolute atomic E-state index is 0.200. The van der Waals surface area contributed by atoms with Crippen LogP contribution < -0.4 is 20.3 Å². The molecule has 0 bridgehead atoms. The highest BCUT2D eigenvalue weighted by molar-refractivity contribution is 5.95. The van der Waals surface area contributed by atoms with Crippen molar-refractivity contribution in [3.8, 4) is 23.1 Å². The second-order valence-electron chi connectivity index (χ2n) is 8.73. The molecule has 2 N–H and O–H groups in total. The van der Waals surface area contributed by atoms with Crippen LogP contribution in [0.1, 0.15) is 24.3 Å². The molecule has 0 aliphatic carbocycles. The Bertz CT molecular complexity index is 1390. The minimum atomic E-state index is -0.218. The zero-order valence-electron chi connectivity index (χ0n) is 20.0. The number of nitrogens with one attached hydrogen (secondary N) is 2. The van der Waals surface area contributed by atoms with Crippen LogP contribution in [-0.2, 0) is 0 Å². The van der Waals surface area contributed by atoms with Crippen LogP contribution in [0.2, 0.25) is 0 Å². The molecule has 0 atom stereocenters. The minimum Gasteiger partial charge on any atom is -0.480 e. The molecule has 1 saturated heterocycles. The van der Waals surface area contributed by atoms with E-state index in [1.807, 2.05) is 24.3 Å². The van der Waals surface area contributed by atoms with Gasteiger partial charge in [0.15, 0.2) is 0 Å². The second kappa shape index (κ2) is 9.71. The predicted molar refractivity (Wildman–Crippen MR) is 136 cm³/mol. The van der Waals surface area contributed by atoms with Crippen LogP contribution in [0.25, 0.3) is 22.0 Å². The number of aromatic amines is 1. The standard InChI is InChI=1S/C26H28N6O3/c1-32-12-9-17(10-13-32)16-4-6-19(7-5-16)29-23-22-18(8-11-27-24(22)33)14-21(30-23)20-15-28-26(35-3)31-25(20)34-2/h4-8,11,14-15,17H,9-10,12-13H2,1-3H3,(H,27,33)(H,29,30). The number of piperidine rings is 1. The van der Waals surface area contributed by atoms with E-state index in [0.717, 1.165) is 24.2 Å². The molecule has 3 aromatic heterocycles. The molecule has 1 fully saturated rings. The number of hydrogen-bond donors (Lipinski definition) is 2.